The van der Waals surface area contributed by atoms with Crippen LogP contribution >= 0.6 is 22.9 Å². The summed E-state index contributed by atoms with van der Waals surface area (Å²) in [6.07, 6.45) is 1.89. The number of hydrogen-bond acceptors (Lipinski definition) is 1. The van der Waals surface area contributed by atoms with Crippen LogP contribution in [-0.4, -0.2) is 5.91 Å². The van der Waals surface area contributed by atoms with E-state index in [0.717, 1.165) is 29.7 Å². The number of hydrogen-bond donors (Lipinski definition) is 0. The summed E-state index contributed by atoms with van der Waals surface area (Å²) in [4.78, 5) is 12.5. The smallest absolute Gasteiger partial charge is 0.267 e. The molecule has 0 saturated carbocycles. The van der Waals surface area contributed by atoms with E-state index in [1.165, 1.54) is 5.56 Å². The van der Waals surface area contributed by atoms with Crippen molar-refractivity contribution in [2.75, 3.05) is 3.11 Å². The van der Waals surface area contributed by atoms with Gasteiger partial charge >= 0.3 is 0 Å². The van der Waals surface area contributed by atoms with Crippen LogP contribution in [0.4, 0.5) is 5.69 Å². The van der Waals surface area contributed by atoms with Gasteiger partial charge in [-0.15, -0.1) is 0 Å². The van der Waals surface area contributed by atoms with Gasteiger partial charge in [-0.3, -0.25) is 4.79 Å². The first-order valence-corrected chi connectivity index (χ1v) is 6.90. The third-order valence-electron chi connectivity index (χ3n) is 3.29. The predicted octanol–water partition coefficient (Wildman–Crippen LogP) is 3.78. The van der Waals surface area contributed by atoms with Crippen LogP contribution < -0.4 is 3.11 Å². The van der Waals surface area contributed by atoms with Crippen molar-refractivity contribution in [3.63, 3.8) is 0 Å². The van der Waals surface area contributed by atoms with E-state index in [-0.39, 0.29) is 5.91 Å². The van der Waals surface area contributed by atoms with E-state index < -0.39 is 0 Å². The second kappa shape index (κ2) is 4.72. The van der Waals surface area contributed by atoms with E-state index in [9.17, 15) is 4.79 Å². The van der Waals surface area contributed by atoms with Crippen molar-refractivity contribution >= 4 is 34.5 Å². The first-order valence-electron chi connectivity index (χ1n) is 5.93. The van der Waals surface area contributed by atoms with Crippen LogP contribution in [0.25, 0.3) is 0 Å². The van der Waals surface area contributed by atoms with Crippen LogP contribution in [0.1, 0.15) is 21.5 Å². The van der Waals surface area contributed by atoms with Gasteiger partial charge in [0.15, 0.2) is 0 Å². The SMILES string of the molecule is O=C1c2ccccc2CCc2ccccc2N1I. The van der Waals surface area contributed by atoms with Gasteiger partial charge in [-0.1, -0.05) is 36.4 Å². The third kappa shape index (κ3) is 1.92. The Labute approximate surface area is 120 Å². The summed E-state index contributed by atoms with van der Waals surface area (Å²) in [6, 6.07) is 16.0. The first kappa shape index (κ1) is 11.7. The number of anilines is 1. The average Bonchev–Trinajstić information content (AvgIpc) is 2.43. The number of aryl methyl sites for hydroxylation is 2. The molecule has 2 aromatic rings. The number of halogens is 1. The maximum atomic E-state index is 12.5. The molecule has 3 heteroatoms. The molecular formula is C15H12INO. The average molecular weight is 349 g/mol. The number of para-hydroxylation sites is 1. The maximum Gasteiger partial charge on any atom is 0.267 e. The van der Waals surface area contributed by atoms with Crippen molar-refractivity contribution in [3.05, 3.63) is 65.2 Å². The highest BCUT2D eigenvalue weighted by Crippen LogP contribution is 2.30. The molecule has 90 valence electrons. The Hall–Kier alpha value is -1.36. The topological polar surface area (TPSA) is 20.3 Å². The van der Waals surface area contributed by atoms with Gasteiger partial charge in [0.25, 0.3) is 5.91 Å². The molecule has 2 nitrogen and oxygen atoms in total. The molecular weight excluding hydrogens is 337 g/mol. The Morgan fingerprint density at radius 1 is 0.889 bits per heavy atom. The molecule has 2 aromatic carbocycles. The van der Waals surface area contributed by atoms with Crippen molar-refractivity contribution in [1.29, 1.82) is 0 Å². The van der Waals surface area contributed by atoms with Crippen LogP contribution in [-0.2, 0) is 12.8 Å². The molecule has 0 unspecified atom stereocenters. The Kier molecular flexibility index (Phi) is 3.07. The number of fused-ring (bicyclic) bond motifs is 2. The predicted molar refractivity (Wildman–Crippen MR) is 81.1 cm³/mol. The number of nitrogens with zero attached hydrogens (tertiary/aromatic N) is 1. The Morgan fingerprint density at radius 3 is 2.33 bits per heavy atom. The molecule has 0 atom stereocenters. The lowest BCUT2D eigenvalue weighted by Crippen LogP contribution is -2.24. The molecule has 0 aromatic heterocycles. The molecule has 1 heterocycles. The largest absolute Gasteiger partial charge is 0.268 e. The van der Waals surface area contributed by atoms with Crippen molar-refractivity contribution in [2.24, 2.45) is 0 Å². The van der Waals surface area contributed by atoms with Crippen molar-refractivity contribution in [2.45, 2.75) is 12.8 Å². The van der Waals surface area contributed by atoms with Gasteiger partial charge < -0.3 is 0 Å². The second-order valence-electron chi connectivity index (χ2n) is 4.37. The van der Waals surface area contributed by atoms with Gasteiger partial charge in [0.05, 0.1) is 28.6 Å². The van der Waals surface area contributed by atoms with Crippen LogP contribution in [0.15, 0.2) is 48.5 Å². The van der Waals surface area contributed by atoms with Crippen LogP contribution in [0.5, 0.6) is 0 Å². The minimum atomic E-state index is 0.0679. The fourth-order valence-electron chi connectivity index (χ4n) is 2.35. The van der Waals surface area contributed by atoms with Gasteiger partial charge in [0.2, 0.25) is 0 Å². The summed E-state index contributed by atoms with van der Waals surface area (Å²) >= 11 is 2.10. The zero-order valence-corrected chi connectivity index (χ0v) is 11.9. The maximum absolute atomic E-state index is 12.5. The highest BCUT2D eigenvalue weighted by molar-refractivity contribution is 14.1. The van der Waals surface area contributed by atoms with Gasteiger partial charge in [0, 0.05) is 5.56 Å². The highest BCUT2D eigenvalue weighted by atomic mass is 127. The normalized spacial score (nSPS) is 14.5. The van der Waals surface area contributed by atoms with E-state index >= 15 is 0 Å². The third-order valence-corrected chi connectivity index (χ3v) is 4.25. The van der Waals surface area contributed by atoms with Crippen LogP contribution in [0.2, 0.25) is 0 Å². The number of amides is 1. The van der Waals surface area contributed by atoms with Crippen LogP contribution in [0.3, 0.4) is 0 Å². The van der Waals surface area contributed by atoms with Gasteiger partial charge in [0.1, 0.15) is 0 Å². The van der Waals surface area contributed by atoms with E-state index in [1.54, 1.807) is 3.11 Å². The van der Waals surface area contributed by atoms with E-state index in [4.69, 9.17) is 0 Å². The van der Waals surface area contributed by atoms with E-state index in [1.807, 2.05) is 42.5 Å². The standard InChI is InChI=1S/C15H12INO/c16-17-14-8-4-2-6-12(14)10-9-11-5-1-3-7-13(11)15(17)18/h1-8H,9-10H2. The number of carbonyl (C=O) groups is 1. The van der Waals surface area contributed by atoms with Gasteiger partial charge in [-0.05, 0) is 36.1 Å². The minimum absolute atomic E-state index is 0.0679. The summed E-state index contributed by atoms with van der Waals surface area (Å²) < 4.78 is 1.73. The fourth-order valence-corrected chi connectivity index (χ4v) is 3.08. The lowest BCUT2D eigenvalue weighted by atomic mass is 9.96. The summed E-state index contributed by atoms with van der Waals surface area (Å²) in [5, 5.41) is 0. The van der Waals surface area contributed by atoms with E-state index in [2.05, 4.69) is 28.9 Å². The molecule has 18 heavy (non-hydrogen) atoms. The molecule has 1 aliphatic rings. The van der Waals surface area contributed by atoms with Gasteiger partial charge in [-0.25, -0.2) is 3.11 Å². The molecule has 0 aliphatic carbocycles. The molecule has 0 radical (unpaired) electrons. The molecule has 0 fully saturated rings. The van der Waals surface area contributed by atoms with Crippen molar-refractivity contribution in [1.82, 2.24) is 0 Å². The molecule has 0 N–H and O–H groups in total. The summed E-state index contributed by atoms with van der Waals surface area (Å²) in [5.74, 6) is 0.0679. The summed E-state index contributed by atoms with van der Waals surface area (Å²) in [7, 11) is 0. The van der Waals surface area contributed by atoms with Gasteiger partial charge in [-0.2, -0.15) is 0 Å². The Bertz CT molecular complexity index is 609. The van der Waals surface area contributed by atoms with E-state index in [0.29, 0.717) is 0 Å². The second-order valence-corrected chi connectivity index (χ2v) is 5.34. The van der Waals surface area contributed by atoms with Crippen LogP contribution in [0, 0.1) is 0 Å². The highest BCUT2D eigenvalue weighted by Gasteiger charge is 2.22. The lowest BCUT2D eigenvalue weighted by molar-refractivity contribution is 0.101. The Balaban J connectivity index is 2.13. The van der Waals surface area contributed by atoms with Crippen molar-refractivity contribution in [3.8, 4) is 0 Å². The number of benzene rings is 2. The minimum Gasteiger partial charge on any atom is -0.268 e. The summed E-state index contributed by atoms with van der Waals surface area (Å²) in [6.45, 7) is 0. The fraction of sp³-hybridized carbons (Fsp3) is 0.133. The zero-order chi connectivity index (χ0) is 12.5. The lowest BCUT2D eigenvalue weighted by Gasteiger charge is -2.23. The summed E-state index contributed by atoms with van der Waals surface area (Å²) in [5.41, 5.74) is 4.20. The molecule has 1 aliphatic heterocycles. The molecule has 0 bridgehead atoms. The molecule has 0 saturated heterocycles. The zero-order valence-electron chi connectivity index (χ0n) is 9.77. The van der Waals surface area contributed by atoms with Crippen molar-refractivity contribution < 1.29 is 4.79 Å². The number of rotatable bonds is 0. The quantitative estimate of drug-likeness (QED) is 0.524. The molecule has 0 spiro atoms. The molecule has 3 rings (SSSR count). The first-order chi connectivity index (χ1) is 8.77. The molecule has 1 amide bonds. The number of carbonyl (C=O) groups excluding carboxylic acids is 1. The monoisotopic (exact) mass is 349 g/mol. The Morgan fingerprint density at radius 2 is 1.50 bits per heavy atom.